The van der Waals surface area contributed by atoms with Crippen molar-refractivity contribution in [3.05, 3.63) is 23.8 Å². The van der Waals surface area contributed by atoms with Crippen LogP contribution < -0.4 is 14.8 Å². The number of carboxylic acid groups (broad SMARTS) is 1. The highest BCUT2D eigenvalue weighted by atomic mass is 16.5. The van der Waals surface area contributed by atoms with Gasteiger partial charge >= 0.3 is 5.97 Å². The molecule has 0 spiro atoms. The molecule has 1 aliphatic heterocycles. The van der Waals surface area contributed by atoms with Crippen molar-refractivity contribution in [1.29, 1.82) is 0 Å². The first-order chi connectivity index (χ1) is 9.15. The fourth-order valence-corrected chi connectivity index (χ4v) is 2.37. The largest absolute Gasteiger partial charge is 0.497 e. The molecule has 104 valence electrons. The molecule has 1 saturated heterocycles. The minimum atomic E-state index is -0.749. The Morgan fingerprint density at radius 2 is 2.32 bits per heavy atom. The molecule has 0 radical (unpaired) electrons. The molecule has 2 atom stereocenters. The van der Waals surface area contributed by atoms with E-state index < -0.39 is 5.97 Å². The summed E-state index contributed by atoms with van der Waals surface area (Å²) in [5.74, 6) is 0.411. The molecule has 1 fully saturated rings. The lowest BCUT2D eigenvalue weighted by Crippen LogP contribution is -2.17. The van der Waals surface area contributed by atoms with Crippen LogP contribution >= 0.6 is 0 Å². The second-order valence-electron chi connectivity index (χ2n) is 4.57. The minimum Gasteiger partial charge on any atom is -0.497 e. The maximum absolute atomic E-state index is 11.0. The zero-order valence-electron chi connectivity index (χ0n) is 11.2. The number of nitrogens with one attached hydrogen (secondary N) is 1. The Bertz CT molecular complexity index is 461. The van der Waals surface area contributed by atoms with Gasteiger partial charge < -0.3 is 19.9 Å². The first-order valence-corrected chi connectivity index (χ1v) is 6.42. The van der Waals surface area contributed by atoms with Gasteiger partial charge in [-0.25, -0.2) is 0 Å². The predicted octanol–water partition coefficient (Wildman–Crippen LogP) is 1.83. The third kappa shape index (κ3) is 2.98. The highest BCUT2D eigenvalue weighted by molar-refractivity contribution is 5.71. The number of ether oxygens (including phenoxy) is 2. The van der Waals surface area contributed by atoms with E-state index in [0.717, 1.165) is 17.1 Å². The summed E-state index contributed by atoms with van der Waals surface area (Å²) < 4.78 is 10.8. The smallest absolute Gasteiger partial charge is 0.307 e. The van der Waals surface area contributed by atoms with Gasteiger partial charge in [0, 0.05) is 24.2 Å². The number of carbonyl (C=O) groups is 1. The van der Waals surface area contributed by atoms with E-state index in [9.17, 15) is 4.79 Å². The lowest BCUT2D eigenvalue weighted by molar-refractivity contribution is -0.141. The van der Waals surface area contributed by atoms with Gasteiger partial charge in [0.25, 0.3) is 0 Å². The molecular weight excluding hydrogens is 246 g/mol. The van der Waals surface area contributed by atoms with E-state index in [-0.39, 0.29) is 12.0 Å². The van der Waals surface area contributed by atoms with E-state index in [0.29, 0.717) is 19.6 Å². The van der Waals surface area contributed by atoms with Crippen LogP contribution in [0.1, 0.15) is 24.9 Å². The molecule has 0 saturated carbocycles. The summed E-state index contributed by atoms with van der Waals surface area (Å²) in [6.45, 7) is 2.98. The molecule has 0 aromatic heterocycles. The fraction of sp³-hybridized carbons (Fsp3) is 0.500. The average Bonchev–Trinajstić information content (AvgIpc) is 2.88. The summed E-state index contributed by atoms with van der Waals surface area (Å²) in [5.41, 5.74) is 0.992. The molecule has 2 N–H and O–H groups in total. The number of hydrogen-bond acceptors (Lipinski definition) is 4. The van der Waals surface area contributed by atoms with Crippen molar-refractivity contribution in [2.24, 2.45) is 5.92 Å². The van der Waals surface area contributed by atoms with E-state index >= 15 is 0 Å². The minimum absolute atomic E-state index is 0.0218. The summed E-state index contributed by atoms with van der Waals surface area (Å²) in [6.07, 6.45) is 0.585. The van der Waals surface area contributed by atoms with E-state index in [2.05, 4.69) is 5.32 Å². The molecule has 2 rings (SSSR count). The van der Waals surface area contributed by atoms with E-state index in [1.807, 2.05) is 25.1 Å². The van der Waals surface area contributed by atoms with Crippen molar-refractivity contribution in [3.63, 3.8) is 0 Å². The molecule has 1 aromatic rings. The molecule has 2 unspecified atom stereocenters. The van der Waals surface area contributed by atoms with E-state index in [4.69, 9.17) is 14.6 Å². The summed E-state index contributed by atoms with van der Waals surface area (Å²) in [7, 11) is 1.61. The number of carboxylic acids is 1. The zero-order valence-corrected chi connectivity index (χ0v) is 11.2. The Kier molecular flexibility index (Phi) is 4.27. The molecule has 1 aliphatic rings. The standard InChI is InChI=1S/C14H19NO4/c1-3-19-13-7-10(18-2)4-5-11(13)12-6-9(8-15-12)14(16)17/h4-5,7,9,12,15H,3,6,8H2,1-2H3,(H,16,17). The van der Waals surface area contributed by atoms with Gasteiger partial charge in [0.2, 0.25) is 0 Å². The van der Waals surface area contributed by atoms with E-state index in [1.165, 1.54) is 0 Å². The Hall–Kier alpha value is -1.75. The van der Waals surface area contributed by atoms with Crippen LogP contribution in [0.2, 0.25) is 0 Å². The SMILES string of the molecule is CCOc1cc(OC)ccc1C1CC(C(=O)O)CN1. The van der Waals surface area contributed by atoms with Gasteiger partial charge in [-0.15, -0.1) is 0 Å². The Morgan fingerprint density at radius 1 is 1.53 bits per heavy atom. The average molecular weight is 265 g/mol. The maximum atomic E-state index is 11.0. The van der Waals surface area contributed by atoms with Crippen molar-refractivity contribution in [2.75, 3.05) is 20.3 Å². The highest BCUT2D eigenvalue weighted by Gasteiger charge is 2.31. The Labute approximate surface area is 112 Å². The van der Waals surface area contributed by atoms with Crippen LogP contribution in [0.4, 0.5) is 0 Å². The number of methoxy groups -OCH3 is 1. The molecule has 0 aliphatic carbocycles. The predicted molar refractivity (Wildman–Crippen MR) is 70.6 cm³/mol. The fourth-order valence-electron chi connectivity index (χ4n) is 2.37. The zero-order chi connectivity index (χ0) is 13.8. The van der Waals surface area contributed by atoms with Gasteiger partial charge in [-0.05, 0) is 19.4 Å². The molecule has 1 heterocycles. The third-order valence-corrected chi connectivity index (χ3v) is 3.38. The molecule has 19 heavy (non-hydrogen) atoms. The lowest BCUT2D eigenvalue weighted by Gasteiger charge is -2.17. The quantitative estimate of drug-likeness (QED) is 0.850. The molecule has 1 aromatic carbocycles. The van der Waals surface area contributed by atoms with Crippen molar-refractivity contribution in [2.45, 2.75) is 19.4 Å². The monoisotopic (exact) mass is 265 g/mol. The van der Waals surface area contributed by atoms with Crippen LogP contribution in [0.25, 0.3) is 0 Å². The van der Waals surface area contributed by atoms with Crippen LogP contribution in [-0.4, -0.2) is 31.3 Å². The molecule has 0 bridgehead atoms. The highest BCUT2D eigenvalue weighted by Crippen LogP contribution is 2.35. The van der Waals surface area contributed by atoms with Crippen molar-refractivity contribution < 1.29 is 19.4 Å². The van der Waals surface area contributed by atoms with Crippen LogP contribution in [0.3, 0.4) is 0 Å². The third-order valence-electron chi connectivity index (χ3n) is 3.38. The molecule has 5 nitrogen and oxygen atoms in total. The second-order valence-corrected chi connectivity index (χ2v) is 4.57. The summed E-state index contributed by atoms with van der Waals surface area (Å²) in [5, 5.41) is 12.3. The summed E-state index contributed by atoms with van der Waals surface area (Å²) in [4.78, 5) is 11.0. The van der Waals surface area contributed by atoms with Crippen LogP contribution in [0, 0.1) is 5.92 Å². The Morgan fingerprint density at radius 3 is 2.89 bits per heavy atom. The number of rotatable bonds is 5. The second kappa shape index (κ2) is 5.93. The van der Waals surface area contributed by atoms with Gasteiger partial charge in [0.15, 0.2) is 0 Å². The lowest BCUT2D eigenvalue weighted by atomic mass is 9.99. The summed E-state index contributed by atoms with van der Waals surface area (Å²) in [6, 6.07) is 5.67. The Balaban J connectivity index is 2.22. The van der Waals surface area contributed by atoms with Crippen molar-refractivity contribution in [1.82, 2.24) is 5.32 Å². The topological polar surface area (TPSA) is 67.8 Å². The van der Waals surface area contributed by atoms with Gasteiger partial charge in [-0.2, -0.15) is 0 Å². The first-order valence-electron chi connectivity index (χ1n) is 6.42. The van der Waals surface area contributed by atoms with Crippen molar-refractivity contribution >= 4 is 5.97 Å². The summed E-state index contributed by atoms with van der Waals surface area (Å²) >= 11 is 0. The normalized spacial score (nSPS) is 22.2. The molecule has 5 heteroatoms. The van der Waals surface area contributed by atoms with E-state index in [1.54, 1.807) is 7.11 Å². The van der Waals surface area contributed by atoms with Gasteiger partial charge in [-0.1, -0.05) is 6.07 Å². The number of benzene rings is 1. The van der Waals surface area contributed by atoms with Crippen LogP contribution in [0.15, 0.2) is 18.2 Å². The van der Waals surface area contributed by atoms with Gasteiger partial charge in [0.1, 0.15) is 11.5 Å². The van der Waals surface area contributed by atoms with Crippen LogP contribution in [-0.2, 0) is 4.79 Å². The van der Waals surface area contributed by atoms with Gasteiger partial charge in [0.05, 0.1) is 19.6 Å². The maximum Gasteiger partial charge on any atom is 0.307 e. The van der Waals surface area contributed by atoms with Crippen molar-refractivity contribution in [3.8, 4) is 11.5 Å². The molecule has 0 amide bonds. The molecular formula is C14H19NO4. The number of hydrogen-bond donors (Lipinski definition) is 2. The van der Waals surface area contributed by atoms with Crippen LogP contribution in [0.5, 0.6) is 11.5 Å². The van der Waals surface area contributed by atoms with Gasteiger partial charge in [-0.3, -0.25) is 4.79 Å². The first kappa shape index (κ1) is 13.7. The number of aliphatic carboxylic acids is 1.